The first-order valence-electron chi connectivity index (χ1n) is 8.19. The Morgan fingerprint density at radius 2 is 2.08 bits per heavy atom. The molecule has 3 rings (SSSR count). The molecule has 2 heterocycles. The first kappa shape index (κ1) is 21.7. The number of nitrogens with zero attached hydrogens (tertiary/aromatic N) is 2. The van der Waals surface area contributed by atoms with Crippen molar-refractivity contribution >= 4 is 41.8 Å². The molecule has 8 heteroatoms. The van der Waals surface area contributed by atoms with Gasteiger partial charge in [-0.25, -0.2) is 4.98 Å². The van der Waals surface area contributed by atoms with E-state index in [4.69, 9.17) is 10.5 Å². The number of halogens is 2. The van der Waals surface area contributed by atoms with Crippen molar-refractivity contribution in [3.63, 3.8) is 0 Å². The fourth-order valence-electron chi connectivity index (χ4n) is 3.15. The average molecular weight is 389 g/mol. The van der Waals surface area contributed by atoms with Crippen molar-refractivity contribution < 1.29 is 9.53 Å². The van der Waals surface area contributed by atoms with Gasteiger partial charge in [-0.15, -0.1) is 24.8 Å². The lowest BCUT2D eigenvalue weighted by Crippen LogP contribution is -2.35. The summed E-state index contributed by atoms with van der Waals surface area (Å²) >= 11 is 0. The number of amides is 1. The third kappa shape index (κ3) is 4.64. The Morgan fingerprint density at radius 3 is 2.72 bits per heavy atom. The van der Waals surface area contributed by atoms with E-state index in [2.05, 4.69) is 34.8 Å². The Kier molecular flexibility index (Phi) is 8.15. The molecule has 0 bridgehead atoms. The summed E-state index contributed by atoms with van der Waals surface area (Å²) in [6, 6.07) is 8.30. The molecule has 0 spiro atoms. The summed E-state index contributed by atoms with van der Waals surface area (Å²) in [5.41, 5.74) is 7.63. The highest BCUT2D eigenvalue weighted by Crippen LogP contribution is 2.22. The lowest BCUT2D eigenvalue weighted by Gasteiger charge is -2.15. The van der Waals surface area contributed by atoms with Crippen LogP contribution in [0.15, 0.2) is 24.3 Å². The Bertz CT molecular complexity index is 705. The molecule has 2 aromatic rings. The van der Waals surface area contributed by atoms with Gasteiger partial charge in [-0.2, -0.15) is 0 Å². The van der Waals surface area contributed by atoms with E-state index in [1.807, 2.05) is 18.2 Å². The molecule has 1 aliphatic rings. The van der Waals surface area contributed by atoms with Crippen molar-refractivity contribution in [2.45, 2.75) is 51.5 Å². The van der Waals surface area contributed by atoms with E-state index in [1.165, 1.54) is 0 Å². The van der Waals surface area contributed by atoms with Gasteiger partial charge < -0.3 is 20.4 Å². The molecule has 140 valence electrons. The van der Waals surface area contributed by atoms with Crippen LogP contribution >= 0.6 is 24.8 Å². The maximum Gasteiger partial charge on any atom is 0.249 e. The van der Waals surface area contributed by atoms with E-state index in [0.29, 0.717) is 13.1 Å². The van der Waals surface area contributed by atoms with Crippen LogP contribution in [0, 0.1) is 0 Å². The Hall–Kier alpha value is -1.34. The van der Waals surface area contributed by atoms with Gasteiger partial charge in [0.1, 0.15) is 11.9 Å². The van der Waals surface area contributed by atoms with Gasteiger partial charge in [-0.1, -0.05) is 12.1 Å². The van der Waals surface area contributed by atoms with Crippen LogP contribution in [0.3, 0.4) is 0 Å². The van der Waals surface area contributed by atoms with Crippen molar-refractivity contribution in [3.05, 3.63) is 30.1 Å². The summed E-state index contributed by atoms with van der Waals surface area (Å²) in [5.74, 6) is 0.784. The van der Waals surface area contributed by atoms with E-state index in [0.717, 1.165) is 29.7 Å². The van der Waals surface area contributed by atoms with Crippen molar-refractivity contribution in [1.29, 1.82) is 0 Å². The zero-order chi connectivity index (χ0) is 16.4. The minimum absolute atomic E-state index is 0. The van der Waals surface area contributed by atoms with Crippen molar-refractivity contribution in [2.75, 3.05) is 6.54 Å². The van der Waals surface area contributed by atoms with Crippen molar-refractivity contribution in [3.8, 4) is 0 Å². The fourth-order valence-corrected chi connectivity index (χ4v) is 3.15. The molecule has 0 saturated carbocycles. The molecule has 1 amide bonds. The van der Waals surface area contributed by atoms with Gasteiger partial charge in [0.25, 0.3) is 0 Å². The number of carbonyl (C=O) groups excluding carboxylic acids is 1. The predicted octanol–water partition coefficient (Wildman–Crippen LogP) is 2.58. The Labute approximate surface area is 160 Å². The second-order valence-corrected chi connectivity index (χ2v) is 6.26. The van der Waals surface area contributed by atoms with Crippen LogP contribution in [-0.2, 0) is 16.1 Å². The average Bonchev–Trinajstić information content (AvgIpc) is 3.16. The molecule has 1 aliphatic heterocycles. The van der Waals surface area contributed by atoms with Gasteiger partial charge in [-0.05, 0) is 38.8 Å². The van der Waals surface area contributed by atoms with E-state index >= 15 is 0 Å². The Balaban J connectivity index is 0.00000156. The summed E-state index contributed by atoms with van der Waals surface area (Å²) in [4.78, 5) is 16.9. The molecular formula is C17H26Cl2N4O2. The van der Waals surface area contributed by atoms with Crippen LogP contribution in [-0.4, -0.2) is 34.2 Å². The highest BCUT2D eigenvalue weighted by atomic mass is 35.5. The van der Waals surface area contributed by atoms with Crippen molar-refractivity contribution in [1.82, 2.24) is 14.9 Å². The van der Waals surface area contributed by atoms with E-state index < -0.39 is 0 Å². The lowest BCUT2D eigenvalue weighted by atomic mass is 10.2. The fraction of sp³-hybridized carbons (Fsp3) is 0.529. The van der Waals surface area contributed by atoms with E-state index in [1.54, 1.807) is 0 Å². The number of ether oxygens (including phenoxy) is 1. The molecular weight excluding hydrogens is 363 g/mol. The molecule has 0 aliphatic carbocycles. The van der Waals surface area contributed by atoms with Crippen LogP contribution in [0.25, 0.3) is 11.0 Å². The van der Waals surface area contributed by atoms with Gasteiger partial charge in [0.15, 0.2) is 0 Å². The molecule has 0 radical (unpaired) electrons. The number of nitrogens with two attached hydrogens (primary N) is 1. The predicted molar refractivity (Wildman–Crippen MR) is 103 cm³/mol. The summed E-state index contributed by atoms with van der Waals surface area (Å²) in [5, 5.41) is 2.95. The maximum absolute atomic E-state index is 12.3. The van der Waals surface area contributed by atoms with E-state index in [-0.39, 0.29) is 49.0 Å². The van der Waals surface area contributed by atoms with Crippen LogP contribution in [0.1, 0.15) is 38.6 Å². The highest BCUT2D eigenvalue weighted by molar-refractivity contribution is 5.85. The minimum Gasteiger partial charge on any atom is -0.364 e. The number of benzene rings is 1. The highest BCUT2D eigenvalue weighted by Gasteiger charge is 2.29. The third-order valence-corrected chi connectivity index (χ3v) is 4.27. The summed E-state index contributed by atoms with van der Waals surface area (Å²) in [6.45, 7) is 5.10. The largest absolute Gasteiger partial charge is 0.364 e. The summed E-state index contributed by atoms with van der Waals surface area (Å²) in [7, 11) is 0. The maximum atomic E-state index is 12.3. The minimum atomic E-state index is -0.388. The molecule has 2 atom stereocenters. The molecule has 1 aromatic heterocycles. The topological polar surface area (TPSA) is 82.2 Å². The smallest absolute Gasteiger partial charge is 0.249 e. The van der Waals surface area contributed by atoms with Crippen LogP contribution in [0.5, 0.6) is 0 Å². The van der Waals surface area contributed by atoms with Gasteiger partial charge in [0, 0.05) is 12.6 Å². The number of para-hydroxylation sites is 2. The summed E-state index contributed by atoms with van der Waals surface area (Å²) < 4.78 is 7.79. The normalized spacial score (nSPS) is 19.5. The number of carbonyl (C=O) groups is 1. The zero-order valence-corrected chi connectivity index (χ0v) is 16.1. The number of aromatic nitrogens is 2. The second kappa shape index (κ2) is 9.38. The van der Waals surface area contributed by atoms with Crippen LogP contribution in [0.2, 0.25) is 0 Å². The number of nitrogens with one attached hydrogen (secondary N) is 1. The van der Waals surface area contributed by atoms with Gasteiger partial charge in [-0.3, -0.25) is 4.79 Å². The van der Waals surface area contributed by atoms with Gasteiger partial charge in [0.2, 0.25) is 5.91 Å². The standard InChI is InChI=1S/C17H24N4O2.2ClH/c1-11(2)21-14-6-4-3-5-13(14)20-16(21)10-19-17(22)15-8-7-12(9-18)23-15;;/h3-6,11-12,15H,7-10,18H2,1-2H3,(H,19,22);2*1H/t12-,15+;;/m1../s1. The van der Waals surface area contributed by atoms with Crippen LogP contribution < -0.4 is 11.1 Å². The summed E-state index contributed by atoms with van der Waals surface area (Å²) in [6.07, 6.45) is 1.19. The molecule has 25 heavy (non-hydrogen) atoms. The van der Waals surface area contributed by atoms with Gasteiger partial charge in [0.05, 0.1) is 23.7 Å². The molecule has 6 nitrogen and oxygen atoms in total. The number of hydrogen-bond donors (Lipinski definition) is 2. The second-order valence-electron chi connectivity index (χ2n) is 6.26. The quantitative estimate of drug-likeness (QED) is 0.824. The zero-order valence-electron chi connectivity index (χ0n) is 14.5. The number of hydrogen-bond acceptors (Lipinski definition) is 4. The molecule has 0 unspecified atom stereocenters. The molecule has 1 aromatic carbocycles. The number of imidazole rings is 1. The number of fused-ring (bicyclic) bond motifs is 1. The van der Waals surface area contributed by atoms with E-state index in [9.17, 15) is 4.79 Å². The molecule has 1 saturated heterocycles. The first-order valence-corrected chi connectivity index (χ1v) is 8.19. The number of rotatable bonds is 5. The first-order chi connectivity index (χ1) is 11.1. The Morgan fingerprint density at radius 1 is 1.36 bits per heavy atom. The molecule has 1 fully saturated rings. The van der Waals surface area contributed by atoms with Gasteiger partial charge >= 0.3 is 0 Å². The lowest BCUT2D eigenvalue weighted by molar-refractivity contribution is -0.132. The van der Waals surface area contributed by atoms with Crippen molar-refractivity contribution in [2.24, 2.45) is 5.73 Å². The molecule has 3 N–H and O–H groups in total. The van der Waals surface area contributed by atoms with Crippen LogP contribution in [0.4, 0.5) is 0 Å². The SMILES string of the molecule is CC(C)n1c(CNC(=O)[C@@H]2CC[C@H](CN)O2)nc2ccccc21.Cl.Cl. The third-order valence-electron chi connectivity index (χ3n) is 4.27. The monoisotopic (exact) mass is 388 g/mol.